The zero-order valence-corrected chi connectivity index (χ0v) is 11.9. The van der Waals surface area contributed by atoms with Crippen LogP contribution in [0.25, 0.3) is 0 Å². The SMILES string of the molecule is O=C(NCCCOCC1CC1)Nc1sccc1C(=O)O. The first-order chi connectivity index (χ1) is 9.66. The molecule has 2 amide bonds. The van der Waals surface area contributed by atoms with Crippen LogP contribution in [-0.2, 0) is 4.74 Å². The Morgan fingerprint density at radius 3 is 2.95 bits per heavy atom. The number of carboxylic acids is 1. The van der Waals surface area contributed by atoms with Crippen molar-refractivity contribution in [2.24, 2.45) is 5.92 Å². The molecule has 0 saturated heterocycles. The van der Waals surface area contributed by atoms with E-state index in [0.29, 0.717) is 18.2 Å². The number of nitrogens with one attached hydrogen (secondary N) is 2. The molecular weight excluding hydrogens is 280 g/mol. The van der Waals surface area contributed by atoms with E-state index in [4.69, 9.17) is 9.84 Å². The molecule has 1 aliphatic rings. The van der Waals surface area contributed by atoms with Gasteiger partial charge in [0.05, 0.1) is 5.56 Å². The topological polar surface area (TPSA) is 87.7 Å². The number of ether oxygens (including phenoxy) is 1. The number of amides is 2. The number of carbonyl (C=O) groups is 2. The van der Waals surface area contributed by atoms with Gasteiger partial charge in [0.15, 0.2) is 0 Å². The van der Waals surface area contributed by atoms with Crippen molar-refractivity contribution in [1.29, 1.82) is 0 Å². The number of anilines is 1. The molecule has 0 unspecified atom stereocenters. The highest BCUT2D eigenvalue weighted by Gasteiger charge is 2.20. The van der Waals surface area contributed by atoms with Gasteiger partial charge in [-0.2, -0.15) is 0 Å². The lowest BCUT2D eigenvalue weighted by molar-refractivity contribution is 0.0698. The van der Waals surface area contributed by atoms with Crippen LogP contribution in [0.5, 0.6) is 0 Å². The summed E-state index contributed by atoms with van der Waals surface area (Å²) in [4.78, 5) is 22.5. The minimum Gasteiger partial charge on any atom is -0.478 e. The fourth-order valence-corrected chi connectivity index (χ4v) is 2.41. The standard InChI is InChI=1S/C13H18N2O4S/c16-12(17)10-4-7-20-11(10)15-13(18)14-5-1-6-19-8-9-2-3-9/h4,7,9H,1-3,5-6,8H2,(H,16,17)(H2,14,15,18). The Bertz CT molecular complexity index is 471. The highest BCUT2D eigenvalue weighted by atomic mass is 32.1. The second-order valence-electron chi connectivity index (χ2n) is 4.72. The van der Waals surface area contributed by atoms with Crippen LogP contribution >= 0.6 is 11.3 Å². The summed E-state index contributed by atoms with van der Waals surface area (Å²) in [6, 6.07) is 1.08. The fourth-order valence-electron chi connectivity index (χ4n) is 1.63. The van der Waals surface area contributed by atoms with Crippen LogP contribution in [0, 0.1) is 5.92 Å². The molecule has 6 nitrogen and oxygen atoms in total. The molecule has 1 aromatic rings. The Balaban J connectivity index is 1.59. The predicted octanol–water partition coefficient (Wildman–Crippen LogP) is 2.38. The lowest BCUT2D eigenvalue weighted by Gasteiger charge is -2.07. The minimum absolute atomic E-state index is 0.109. The largest absolute Gasteiger partial charge is 0.478 e. The average molecular weight is 298 g/mol. The van der Waals surface area contributed by atoms with Gasteiger partial charge in [-0.1, -0.05) is 0 Å². The number of aromatic carboxylic acids is 1. The van der Waals surface area contributed by atoms with Crippen molar-refractivity contribution in [2.45, 2.75) is 19.3 Å². The number of carboxylic acid groups (broad SMARTS) is 1. The molecule has 0 aromatic carbocycles. The van der Waals surface area contributed by atoms with Crippen LogP contribution in [0.3, 0.4) is 0 Å². The third-order valence-electron chi connectivity index (χ3n) is 2.92. The van der Waals surface area contributed by atoms with E-state index in [1.165, 1.54) is 30.2 Å². The van der Waals surface area contributed by atoms with E-state index in [9.17, 15) is 9.59 Å². The number of hydrogen-bond acceptors (Lipinski definition) is 4. The summed E-state index contributed by atoms with van der Waals surface area (Å²) < 4.78 is 5.45. The average Bonchev–Trinajstić information content (AvgIpc) is 3.11. The highest BCUT2D eigenvalue weighted by molar-refractivity contribution is 7.14. The number of rotatable bonds is 8. The van der Waals surface area contributed by atoms with Crippen molar-refractivity contribution in [3.05, 3.63) is 17.0 Å². The zero-order chi connectivity index (χ0) is 14.4. The molecule has 3 N–H and O–H groups in total. The Morgan fingerprint density at radius 2 is 2.25 bits per heavy atom. The van der Waals surface area contributed by atoms with Crippen LogP contribution in [0.2, 0.25) is 0 Å². The maximum Gasteiger partial charge on any atom is 0.338 e. The summed E-state index contributed by atoms with van der Waals surface area (Å²) in [7, 11) is 0. The number of urea groups is 1. The third kappa shape index (κ3) is 4.82. The molecule has 7 heteroatoms. The van der Waals surface area contributed by atoms with Crippen molar-refractivity contribution in [2.75, 3.05) is 25.1 Å². The molecule has 0 radical (unpaired) electrons. The van der Waals surface area contributed by atoms with Gasteiger partial charge in [0.25, 0.3) is 0 Å². The van der Waals surface area contributed by atoms with Crippen LogP contribution < -0.4 is 10.6 Å². The molecule has 110 valence electrons. The smallest absolute Gasteiger partial charge is 0.338 e. The maximum atomic E-state index is 11.6. The van der Waals surface area contributed by atoms with Crippen molar-refractivity contribution < 1.29 is 19.4 Å². The summed E-state index contributed by atoms with van der Waals surface area (Å²) in [5.41, 5.74) is 0.109. The van der Waals surface area contributed by atoms with Gasteiger partial charge in [0.2, 0.25) is 0 Å². The van der Waals surface area contributed by atoms with Gasteiger partial charge < -0.3 is 15.2 Å². The second kappa shape index (κ2) is 7.25. The normalized spacial score (nSPS) is 14.0. The van der Waals surface area contributed by atoms with Gasteiger partial charge in [0, 0.05) is 19.8 Å². The lowest BCUT2D eigenvalue weighted by atomic mass is 10.3. The van der Waals surface area contributed by atoms with Crippen LogP contribution in [0.15, 0.2) is 11.4 Å². The predicted molar refractivity (Wildman–Crippen MR) is 76.5 cm³/mol. The van der Waals surface area contributed by atoms with E-state index in [0.717, 1.165) is 18.9 Å². The maximum absolute atomic E-state index is 11.6. The minimum atomic E-state index is -1.05. The number of carbonyl (C=O) groups excluding carboxylic acids is 1. The number of hydrogen-bond donors (Lipinski definition) is 3. The van der Waals surface area contributed by atoms with Gasteiger partial charge in [-0.25, -0.2) is 9.59 Å². The zero-order valence-electron chi connectivity index (χ0n) is 11.1. The van der Waals surface area contributed by atoms with E-state index < -0.39 is 12.0 Å². The first-order valence-electron chi connectivity index (χ1n) is 6.60. The third-order valence-corrected chi connectivity index (χ3v) is 3.75. The van der Waals surface area contributed by atoms with E-state index in [1.807, 2.05) is 0 Å². The number of thiophene rings is 1. The Morgan fingerprint density at radius 1 is 1.45 bits per heavy atom. The van der Waals surface area contributed by atoms with Crippen LogP contribution in [-0.4, -0.2) is 36.9 Å². The summed E-state index contributed by atoms with van der Waals surface area (Å²) in [5, 5.41) is 16.1. The van der Waals surface area contributed by atoms with Crippen LogP contribution in [0.1, 0.15) is 29.6 Å². The van der Waals surface area contributed by atoms with E-state index >= 15 is 0 Å². The van der Waals surface area contributed by atoms with E-state index in [1.54, 1.807) is 5.38 Å². The molecule has 0 aliphatic heterocycles. The van der Waals surface area contributed by atoms with Gasteiger partial charge >= 0.3 is 12.0 Å². The van der Waals surface area contributed by atoms with Gasteiger partial charge in [-0.3, -0.25) is 5.32 Å². The molecule has 1 fully saturated rings. The first-order valence-corrected chi connectivity index (χ1v) is 7.48. The van der Waals surface area contributed by atoms with Crippen molar-refractivity contribution in [1.82, 2.24) is 5.32 Å². The summed E-state index contributed by atoms with van der Waals surface area (Å²) >= 11 is 1.19. The molecule has 1 heterocycles. The lowest BCUT2D eigenvalue weighted by Crippen LogP contribution is -2.30. The summed E-state index contributed by atoms with van der Waals surface area (Å²) in [5.74, 6) is -0.297. The second-order valence-corrected chi connectivity index (χ2v) is 5.64. The molecule has 20 heavy (non-hydrogen) atoms. The van der Waals surface area contributed by atoms with Gasteiger partial charge in [-0.15, -0.1) is 11.3 Å². The molecule has 2 rings (SSSR count). The molecule has 1 aromatic heterocycles. The van der Waals surface area contributed by atoms with Gasteiger partial charge in [0.1, 0.15) is 5.00 Å². The molecule has 0 atom stereocenters. The first kappa shape index (κ1) is 14.8. The Kier molecular flexibility index (Phi) is 5.37. The molecule has 1 saturated carbocycles. The van der Waals surface area contributed by atoms with E-state index in [-0.39, 0.29) is 5.56 Å². The summed E-state index contributed by atoms with van der Waals surface area (Å²) in [6.45, 7) is 1.96. The van der Waals surface area contributed by atoms with Crippen molar-refractivity contribution >= 4 is 28.3 Å². The molecule has 1 aliphatic carbocycles. The fraction of sp³-hybridized carbons (Fsp3) is 0.538. The van der Waals surface area contributed by atoms with E-state index in [2.05, 4.69) is 10.6 Å². The summed E-state index contributed by atoms with van der Waals surface area (Å²) in [6.07, 6.45) is 3.29. The monoisotopic (exact) mass is 298 g/mol. The molecule has 0 bridgehead atoms. The Hall–Kier alpha value is -1.60. The molecular formula is C13H18N2O4S. The molecule has 0 spiro atoms. The highest BCUT2D eigenvalue weighted by Crippen LogP contribution is 2.28. The van der Waals surface area contributed by atoms with Gasteiger partial charge in [-0.05, 0) is 36.6 Å². The van der Waals surface area contributed by atoms with Crippen molar-refractivity contribution in [3.63, 3.8) is 0 Å². The van der Waals surface area contributed by atoms with Crippen molar-refractivity contribution in [3.8, 4) is 0 Å². The quantitative estimate of drug-likeness (QED) is 0.643. The van der Waals surface area contributed by atoms with Crippen LogP contribution in [0.4, 0.5) is 9.80 Å². The Labute approximate surface area is 121 Å².